The molecule has 150 valence electrons. The van der Waals surface area contributed by atoms with Gasteiger partial charge in [0.2, 0.25) is 15.9 Å². The van der Waals surface area contributed by atoms with Crippen LogP contribution in [0.5, 0.6) is 0 Å². The van der Waals surface area contributed by atoms with Crippen molar-refractivity contribution in [2.75, 3.05) is 18.4 Å². The molecule has 1 N–H and O–H groups in total. The normalized spacial score (nSPS) is 16.1. The van der Waals surface area contributed by atoms with E-state index < -0.39 is 45.0 Å². The van der Waals surface area contributed by atoms with Gasteiger partial charge in [-0.3, -0.25) is 4.79 Å². The maximum absolute atomic E-state index is 13.7. The van der Waals surface area contributed by atoms with Crippen LogP contribution in [0, 0.1) is 23.4 Å². The Bertz CT molecular complexity index is 992. The molecule has 1 amide bonds. The Morgan fingerprint density at radius 3 is 2.21 bits per heavy atom. The number of sulfonamides is 1. The molecule has 0 radical (unpaired) electrons. The Hall–Kier alpha value is -2.10. The summed E-state index contributed by atoms with van der Waals surface area (Å²) in [7, 11) is -3.71. The number of nitrogens with one attached hydrogen (secondary N) is 1. The van der Waals surface area contributed by atoms with Crippen molar-refractivity contribution in [1.82, 2.24) is 4.31 Å². The first kappa shape index (κ1) is 20.6. The van der Waals surface area contributed by atoms with Crippen LogP contribution in [0.1, 0.15) is 12.8 Å². The number of hydrogen-bond donors (Lipinski definition) is 1. The van der Waals surface area contributed by atoms with Gasteiger partial charge in [-0.15, -0.1) is 0 Å². The Morgan fingerprint density at radius 1 is 1.00 bits per heavy atom. The average Bonchev–Trinajstić information content (AvgIpc) is 2.69. The molecule has 28 heavy (non-hydrogen) atoms. The molecule has 5 nitrogen and oxygen atoms in total. The summed E-state index contributed by atoms with van der Waals surface area (Å²) < 4.78 is 66.5. The molecule has 0 bridgehead atoms. The highest BCUT2D eigenvalue weighted by Crippen LogP contribution is 2.26. The SMILES string of the molecule is O=C(Nc1ccc(F)c(F)c1F)C1CCN(S(=O)(=O)c2ccc(Cl)cc2)CC1. The van der Waals surface area contributed by atoms with Gasteiger partial charge in [0.25, 0.3) is 0 Å². The lowest BCUT2D eigenvalue weighted by Gasteiger charge is -2.30. The van der Waals surface area contributed by atoms with Gasteiger partial charge in [-0.05, 0) is 49.2 Å². The summed E-state index contributed by atoms with van der Waals surface area (Å²) in [5.74, 6) is -5.65. The molecule has 0 spiro atoms. The van der Waals surface area contributed by atoms with E-state index in [1.807, 2.05) is 0 Å². The average molecular weight is 433 g/mol. The van der Waals surface area contributed by atoms with Crippen LogP contribution < -0.4 is 5.32 Å². The molecule has 0 unspecified atom stereocenters. The third-order valence-electron chi connectivity index (χ3n) is 4.57. The van der Waals surface area contributed by atoms with Gasteiger partial charge >= 0.3 is 0 Å². The molecule has 0 atom stereocenters. The number of carbonyl (C=O) groups is 1. The Labute approximate surface area is 165 Å². The third kappa shape index (κ3) is 4.16. The fourth-order valence-corrected chi connectivity index (χ4v) is 4.57. The maximum atomic E-state index is 13.7. The standard InChI is InChI=1S/C18H16ClF3N2O3S/c19-12-1-3-13(4-2-12)28(26,27)24-9-7-11(8-10-24)18(25)23-15-6-5-14(20)16(21)17(15)22/h1-6,11H,7-10H2,(H,23,25). The number of halogens is 4. The minimum absolute atomic E-state index is 0.101. The minimum Gasteiger partial charge on any atom is -0.323 e. The third-order valence-corrected chi connectivity index (χ3v) is 6.73. The van der Waals surface area contributed by atoms with Crippen LogP contribution in [-0.2, 0) is 14.8 Å². The van der Waals surface area contributed by atoms with Gasteiger partial charge in [0, 0.05) is 24.0 Å². The Morgan fingerprint density at radius 2 is 1.61 bits per heavy atom. The second-order valence-corrected chi connectivity index (χ2v) is 8.72. The summed E-state index contributed by atoms with van der Waals surface area (Å²) in [4.78, 5) is 12.4. The fourth-order valence-electron chi connectivity index (χ4n) is 2.97. The van der Waals surface area contributed by atoms with Crippen LogP contribution in [0.4, 0.5) is 18.9 Å². The van der Waals surface area contributed by atoms with Gasteiger partial charge in [-0.25, -0.2) is 21.6 Å². The van der Waals surface area contributed by atoms with E-state index in [2.05, 4.69) is 5.32 Å². The quantitative estimate of drug-likeness (QED) is 0.747. The van der Waals surface area contributed by atoms with Gasteiger partial charge in [-0.1, -0.05) is 11.6 Å². The van der Waals surface area contributed by atoms with Crippen LogP contribution >= 0.6 is 11.6 Å². The van der Waals surface area contributed by atoms with Crippen LogP contribution in [0.15, 0.2) is 41.3 Å². The lowest BCUT2D eigenvalue weighted by atomic mass is 9.97. The maximum Gasteiger partial charge on any atom is 0.243 e. The van der Waals surface area contributed by atoms with E-state index in [4.69, 9.17) is 11.6 Å². The van der Waals surface area contributed by atoms with Gasteiger partial charge in [0.1, 0.15) is 0 Å². The van der Waals surface area contributed by atoms with Gasteiger partial charge < -0.3 is 5.32 Å². The number of piperidine rings is 1. The monoisotopic (exact) mass is 432 g/mol. The number of anilines is 1. The van der Waals surface area contributed by atoms with E-state index in [1.165, 1.54) is 28.6 Å². The zero-order chi connectivity index (χ0) is 20.5. The fraction of sp³-hybridized carbons (Fsp3) is 0.278. The number of amides is 1. The van der Waals surface area contributed by atoms with E-state index >= 15 is 0 Å². The first-order valence-corrected chi connectivity index (χ1v) is 10.2. The van der Waals surface area contributed by atoms with Crippen molar-refractivity contribution in [1.29, 1.82) is 0 Å². The molecule has 1 fully saturated rings. The van der Waals surface area contributed by atoms with Crippen LogP contribution in [-0.4, -0.2) is 31.7 Å². The predicted molar refractivity (Wildman–Crippen MR) is 97.9 cm³/mol. The van der Waals surface area contributed by atoms with Crippen molar-refractivity contribution >= 4 is 33.2 Å². The van der Waals surface area contributed by atoms with Crippen molar-refractivity contribution in [3.8, 4) is 0 Å². The smallest absolute Gasteiger partial charge is 0.243 e. The molecule has 3 rings (SSSR count). The van der Waals surface area contributed by atoms with E-state index in [0.29, 0.717) is 5.02 Å². The van der Waals surface area contributed by atoms with Crippen molar-refractivity contribution in [3.63, 3.8) is 0 Å². The lowest BCUT2D eigenvalue weighted by Crippen LogP contribution is -2.41. The summed E-state index contributed by atoms with van der Waals surface area (Å²) in [6, 6.07) is 7.42. The van der Waals surface area contributed by atoms with Crippen LogP contribution in [0.25, 0.3) is 0 Å². The van der Waals surface area contributed by atoms with Crippen molar-refractivity contribution in [3.05, 3.63) is 58.9 Å². The van der Waals surface area contributed by atoms with Gasteiger partial charge in [-0.2, -0.15) is 4.31 Å². The lowest BCUT2D eigenvalue weighted by molar-refractivity contribution is -0.120. The topological polar surface area (TPSA) is 66.5 Å². The highest BCUT2D eigenvalue weighted by molar-refractivity contribution is 7.89. The summed E-state index contributed by atoms with van der Waals surface area (Å²) in [6.07, 6.45) is 0.425. The number of carbonyl (C=O) groups excluding carboxylic acids is 1. The number of nitrogens with zero attached hydrogens (tertiary/aromatic N) is 1. The van der Waals surface area contributed by atoms with Crippen molar-refractivity contribution < 1.29 is 26.4 Å². The van der Waals surface area contributed by atoms with Crippen molar-refractivity contribution in [2.24, 2.45) is 5.92 Å². The highest BCUT2D eigenvalue weighted by Gasteiger charge is 2.32. The molecule has 2 aromatic rings. The summed E-state index contributed by atoms with van der Waals surface area (Å²) >= 11 is 5.77. The van der Waals surface area contributed by atoms with Crippen molar-refractivity contribution in [2.45, 2.75) is 17.7 Å². The van der Waals surface area contributed by atoms with Crippen LogP contribution in [0.3, 0.4) is 0 Å². The Kier molecular flexibility index (Phi) is 5.97. The van der Waals surface area contributed by atoms with E-state index in [1.54, 1.807) is 0 Å². The largest absolute Gasteiger partial charge is 0.323 e. The number of benzene rings is 2. The van der Waals surface area contributed by atoms with E-state index in [0.717, 1.165) is 12.1 Å². The van der Waals surface area contributed by atoms with E-state index in [9.17, 15) is 26.4 Å². The molecule has 0 aliphatic carbocycles. The Balaban J connectivity index is 1.64. The molecule has 0 aromatic heterocycles. The van der Waals surface area contributed by atoms with E-state index in [-0.39, 0.29) is 30.8 Å². The molecule has 0 saturated carbocycles. The molecule has 2 aromatic carbocycles. The summed E-state index contributed by atoms with van der Waals surface area (Å²) in [5.41, 5.74) is -0.458. The zero-order valence-corrected chi connectivity index (χ0v) is 16.0. The molecule has 1 aliphatic heterocycles. The second-order valence-electron chi connectivity index (χ2n) is 6.34. The zero-order valence-electron chi connectivity index (χ0n) is 14.5. The number of rotatable bonds is 4. The second kappa shape index (κ2) is 8.10. The van der Waals surface area contributed by atoms with Gasteiger partial charge in [0.15, 0.2) is 17.5 Å². The molecule has 10 heteroatoms. The molecule has 1 saturated heterocycles. The highest BCUT2D eigenvalue weighted by atomic mass is 35.5. The molecule has 1 aliphatic rings. The summed E-state index contributed by atoms with van der Waals surface area (Å²) in [5, 5.41) is 2.65. The number of hydrogen-bond acceptors (Lipinski definition) is 3. The predicted octanol–water partition coefficient (Wildman–Crippen LogP) is 3.80. The molecular weight excluding hydrogens is 417 g/mol. The van der Waals surface area contributed by atoms with Gasteiger partial charge in [0.05, 0.1) is 10.6 Å². The first-order chi connectivity index (χ1) is 13.2. The summed E-state index contributed by atoms with van der Waals surface area (Å²) in [6.45, 7) is 0.201. The van der Waals surface area contributed by atoms with Crippen LogP contribution in [0.2, 0.25) is 5.02 Å². The molecule has 1 heterocycles. The first-order valence-electron chi connectivity index (χ1n) is 8.40. The minimum atomic E-state index is -3.71. The molecular formula is C18H16ClF3N2O3S.